The first-order chi connectivity index (χ1) is 8.31. The summed E-state index contributed by atoms with van der Waals surface area (Å²) >= 11 is 0. The van der Waals surface area contributed by atoms with Crippen molar-refractivity contribution >= 4 is 0 Å². The summed E-state index contributed by atoms with van der Waals surface area (Å²) in [5.74, 6) is 1.49. The SMILES string of the molecule is Cc1noc(CN2CCCN3CCCC3C2)n1. The lowest BCUT2D eigenvalue weighted by Gasteiger charge is -2.24. The van der Waals surface area contributed by atoms with E-state index in [2.05, 4.69) is 19.9 Å². The van der Waals surface area contributed by atoms with E-state index in [0.29, 0.717) is 0 Å². The molecule has 2 fully saturated rings. The zero-order chi connectivity index (χ0) is 11.7. The summed E-state index contributed by atoms with van der Waals surface area (Å²) < 4.78 is 5.20. The third-order valence-electron chi connectivity index (χ3n) is 3.82. The highest BCUT2D eigenvalue weighted by atomic mass is 16.5. The van der Waals surface area contributed by atoms with Crippen molar-refractivity contribution in [3.63, 3.8) is 0 Å². The number of hydrogen-bond acceptors (Lipinski definition) is 5. The Bertz CT molecular complexity index is 378. The van der Waals surface area contributed by atoms with Gasteiger partial charge in [0.05, 0.1) is 6.54 Å². The van der Waals surface area contributed by atoms with Crippen molar-refractivity contribution in [3.8, 4) is 0 Å². The van der Waals surface area contributed by atoms with Gasteiger partial charge in [0.15, 0.2) is 5.82 Å². The Balaban J connectivity index is 1.63. The van der Waals surface area contributed by atoms with Crippen molar-refractivity contribution in [1.82, 2.24) is 19.9 Å². The normalized spacial score (nSPS) is 27.0. The molecule has 0 N–H and O–H groups in total. The third-order valence-corrected chi connectivity index (χ3v) is 3.82. The minimum atomic E-state index is 0.734. The van der Waals surface area contributed by atoms with Gasteiger partial charge in [-0.3, -0.25) is 9.80 Å². The summed E-state index contributed by atoms with van der Waals surface area (Å²) in [6.45, 7) is 7.53. The summed E-state index contributed by atoms with van der Waals surface area (Å²) in [5.41, 5.74) is 0. The highest BCUT2D eigenvalue weighted by Gasteiger charge is 2.29. The van der Waals surface area contributed by atoms with Gasteiger partial charge in [-0.2, -0.15) is 4.98 Å². The lowest BCUT2D eigenvalue weighted by molar-refractivity contribution is 0.196. The molecule has 17 heavy (non-hydrogen) atoms. The Morgan fingerprint density at radius 3 is 3.00 bits per heavy atom. The second-order valence-electron chi connectivity index (χ2n) is 5.16. The van der Waals surface area contributed by atoms with Crippen LogP contribution in [0.3, 0.4) is 0 Å². The van der Waals surface area contributed by atoms with Crippen LogP contribution >= 0.6 is 0 Å². The molecule has 5 heteroatoms. The maximum absolute atomic E-state index is 5.20. The van der Waals surface area contributed by atoms with Gasteiger partial charge < -0.3 is 4.52 Å². The van der Waals surface area contributed by atoms with Gasteiger partial charge >= 0.3 is 0 Å². The smallest absolute Gasteiger partial charge is 0.240 e. The molecule has 3 rings (SSSR count). The molecule has 1 aromatic heterocycles. The molecule has 1 aromatic rings. The van der Waals surface area contributed by atoms with E-state index in [1.807, 2.05) is 6.92 Å². The molecule has 2 saturated heterocycles. The molecule has 1 unspecified atom stereocenters. The first-order valence-corrected chi connectivity index (χ1v) is 6.57. The molecule has 0 spiro atoms. The predicted octanol–water partition coefficient (Wildman–Crippen LogP) is 1.05. The molecule has 0 aliphatic carbocycles. The number of nitrogens with zero attached hydrogens (tertiary/aromatic N) is 4. The van der Waals surface area contributed by atoms with Crippen LogP contribution in [0.15, 0.2) is 4.52 Å². The van der Waals surface area contributed by atoms with Gasteiger partial charge in [-0.25, -0.2) is 0 Å². The van der Waals surface area contributed by atoms with Crippen LogP contribution in [0.25, 0.3) is 0 Å². The quantitative estimate of drug-likeness (QED) is 0.768. The summed E-state index contributed by atoms with van der Waals surface area (Å²) in [5, 5.41) is 3.85. The summed E-state index contributed by atoms with van der Waals surface area (Å²) in [7, 11) is 0. The average molecular weight is 236 g/mol. The lowest BCUT2D eigenvalue weighted by atomic mass is 10.2. The van der Waals surface area contributed by atoms with Gasteiger partial charge in [-0.1, -0.05) is 5.16 Å². The van der Waals surface area contributed by atoms with Crippen molar-refractivity contribution in [1.29, 1.82) is 0 Å². The van der Waals surface area contributed by atoms with Crippen LogP contribution in [0.1, 0.15) is 31.0 Å². The number of hydrogen-bond donors (Lipinski definition) is 0. The lowest BCUT2D eigenvalue weighted by Crippen LogP contribution is -2.36. The van der Waals surface area contributed by atoms with Gasteiger partial charge in [0.1, 0.15) is 0 Å². The maximum atomic E-state index is 5.20. The van der Waals surface area contributed by atoms with E-state index in [9.17, 15) is 0 Å². The molecule has 1 atom stereocenters. The van der Waals surface area contributed by atoms with Crippen molar-refractivity contribution in [3.05, 3.63) is 11.7 Å². The Hall–Kier alpha value is -0.940. The third kappa shape index (κ3) is 2.50. The van der Waals surface area contributed by atoms with Crippen LogP contribution < -0.4 is 0 Å². The highest BCUT2D eigenvalue weighted by Crippen LogP contribution is 2.21. The van der Waals surface area contributed by atoms with E-state index in [4.69, 9.17) is 4.52 Å². The molecule has 5 nitrogen and oxygen atoms in total. The van der Waals surface area contributed by atoms with Gasteiger partial charge in [0, 0.05) is 12.6 Å². The maximum Gasteiger partial charge on any atom is 0.240 e. The minimum Gasteiger partial charge on any atom is -0.338 e. The molecular formula is C12H20N4O. The molecule has 3 heterocycles. The Morgan fingerprint density at radius 1 is 1.29 bits per heavy atom. The standard InChI is InChI=1S/C12H20N4O/c1-10-13-12(17-14-10)9-15-5-3-7-16-6-2-4-11(16)8-15/h11H,2-9H2,1H3. The molecule has 0 saturated carbocycles. The van der Waals surface area contributed by atoms with Crippen LogP contribution in [-0.4, -0.2) is 52.2 Å². The summed E-state index contributed by atoms with van der Waals surface area (Å²) in [6, 6.07) is 0.751. The molecule has 2 aliphatic rings. The first-order valence-electron chi connectivity index (χ1n) is 6.57. The number of aryl methyl sites for hydroxylation is 1. The summed E-state index contributed by atoms with van der Waals surface area (Å²) in [6.07, 6.45) is 3.96. The van der Waals surface area contributed by atoms with Crippen LogP contribution in [-0.2, 0) is 6.54 Å². The number of rotatable bonds is 2. The first kappa shape index (κ1) is 11.2. The zero-order valence-electron chi connectivity index (χ0n) is 10.4. The Labute approximate surface area is 102 Å². The molecule has 0 radical (unpaired) electrons. The fourth-order valence-electron chi connectivity index (χ4n) is 3.02. The minimum absolute atomic E-state index is 0.734. The van der Waals surface area contributed by atoms with Crippen LogP contribution in [0.2, 0.25) is 0 Å². The molecule has 0 bridgehead atoms. The van der Waals surface area contributed by atoms with Crippen molar-refractivity contribution in [2.24, 2.45) is 0 Å². The van der Waals surface area contributed by atoms with Gasteiger partial charge in [0.25, 0.3) is 0 Å². The highest BCUT2D eigenvalue weighted by molar-refractivity contribution is 4.88. The summed E-state index contributed by atoms with van der Waals surface area (Å²) in [4.78, 5) is 9.39. The predicted molar refractivity (Wildman–Crippen MR) is 63.5 cm³/mol. The van der Waals surface area contributed by atoms with Crippen molar-refractivity contribution in [2.75, 3.05) is 26.2 Å². The van der Waals surface area contributed by atoms with Crippen LogP contribution in [0.4, 0.5) is 0 Å². The molecule has 94 valence electrons. The largest absolute Gasteiger partial charge is 0.338 e. The molecule has 2 aliphatic heterocycles. The monoisotopic (exact) mass is 236 g/mol. The van der Waals surface area contributed by atoms with Gasteiger partial charge in [0.2, 0.25) is 5.89 Å². The van der Waals surface area contributed by atoms with Gasteiger partial charge in [-0.15, -0.1) is 0 Å². The van der Waals surface area contributed by atoms with E-state index in [0.717, 1.165) is 37.4 Å². The second-order valence-corrected chi connectivity index (χ2v) is 5.16. The van der Waals surface area contributed by atoms with E-state index in [1.54, 1.807) is 0 Å². The Morgan fingerprint density at radius 2 is 2.18 bits per heavy atom. The van der Waals surface area contributed by atoms with E-state index in [1.165, 1.54) is 32.4 Å². The Kier molecular flexibility index (Phi) is 3.11. The zero-order valence-corrected chi connectivity index (χ0v) is 10.4. The molecule has 0 amide bonds. The average Bonchev–Trinajstić information content (AvgIpc) is 2.85. The van der Waals surface area contributed by atoms with Gasteiger partial charge in [-0.05, 0) is 45.8 Å². The topological polar surface area (TPSA) is 45.4 Å². The van der Waals surface area contributed by atoms with Crippen LogP contribution in [0, 0.1) is 6.92 Å². The second kappa shape index (κ2) is 4.74. The van der Waals surface area contributed by atoms with Crippen molar-refractivity contribution < 1.29 is 4.52 Å². The van der Waals surface area contributed by atoms with E-state index >= 15 is 0 Å². The van der Waals surface area contributed by atoms with Crippen molar-refractivity contribution in [2.45, 2.75) is 38.8 Å². The molecule has 0 aromatic carbocycles. The number of aromatic nitrogens is 2. The fraction of sp³-hybridized carbons (Fsp3) is 0.833. The fourth-order valence-corrected chi connectivity index (χ4v) is 3.02. The van der Waals surface area contributed by atoms with E-state index < -0.39 is 0 Å². The van der Waals surface area contributed by atoms with E-state index in [-0.39, 0.29) is 0 Å². The number of fused-ring (bicyclic) bond motifs is 1. The van der Waals surface area contributed by atoms with Crippen LogP contribution in [0.5, 0.6) is 0 Å². The molecular weight excluding hydrogens is 216 g/mol.